The number of ether oxygens (including phenoxy) is 1. The molecule has 2 aromatic rings. The van der Waals surface area contributed by atoms with E-state index in [2.05, 4.69) is 22.5 Å². The first-order valence-electron chi connectivity index (χ1n) is 11.5. The van der Waals surface area contributed by atoms with Crippen LogP contribution in [0.1, 0.15) is 36.8 Å². The summed E-state index contributed by atoms with van der Waals surface area (Å²) in [5.74, 6) is 3.60. The fourth-order valence-electron chi connectivity index (χ4n) is 4.11. The average Bonchev–Trinajstić information content (AvgIpc) is 3.16. The van der Waals surface area contributed by atoms with Gasteiger partial charge >= 0.3 is 12.1 Å². The predicted octanol–water partition coefficient (Wildman–Crippen LogP) is 2.83. The number of fused-ring (bicyclic) bond motifs is 3. The van der Waals surface area contributed by atoms with Crippen molar-refractivity contribution in [1.29, 1.82) is 0 Å². The molecule has 0 radical (unpaired) electrons. The van der Waals surface area contributed by atoms with Crippen molar-refractivity contribution in [2.24, 2.45) is 0 Å². The van der Waals surface area contributed by atoms with Gasteiger partial charge in [-0.25, -0.2) is 9.59 Å². The van der Waals surface area contributed by atoms with Crippen LogP contribution in [-0.2, 0) is 14.3 Å². The predicted molar refractivity (Wildman–Crippen MR) is 133 cm³/mol. The van der Waals surface area contributed by atoms with Gasteiger partial charge in [0.15, 0.2) is 0 Å². The molecule has 2 amide bonds. The van der Waals surface area contributed by atoms with Gasteiger partial charge in [0.1, 0.15) is 18.7 Å². The smallest absolute Gasteiger partial charge is 0.407 e. The number of aliphatic carboxylic acids is 1. The quantitative estimate of drug-likeness (QED) is 0.454. The lowest BCUT2D eigenvalue weighted by Crippen LogP contribution is -2.52. The second-order valence-corrected chi connectivity index (χ2v) is 8.64. The van der Waals surface area contributed by atoms with Gasteiger partial charge in [-0.2, -0.15) is 0 Å². The van der Waals surface area contributed by atoms with Crippen LogP contribution in [0.3, 0.4) is 0 Å². The first-order valence-corrected chi connectivity index (χ1v) is 11.5. The Bertz CT molecular complexity index is 1090. The summed E-state index contributed by atoms with van der Waals surface area (Å²) in [7, 11) is 3.64. The summed E-state index contributed by atoms with van der Waals surface area (Å²) in [6.45, 7) is 2.21. The zero-order chi connectivity index (χ0) is 25.4. The van der Waals surface area contributed by atoms with E-state index in [-0.39, 0.29) is 25.4 Å². The maximum absolute atomic E-state index is 12.8. The number of carbonyl (C=O) groups is 3. The maximum Gasteiger partial charge on any atom is 0.407 e. The number of nitrogens with zero attached hydrogens (tertiary/aromatic N) is 1. The monoisotopic (exact) mass is 477 g/mol. The van der Waals surface area contributed by atoms with Crippen LogP contribution in [0.25, 0.3) is 11.1 Å². The van der Waals surface area contributed by atoms with E-state index in [9.17, 15) is 19.5 Å². The molecule has 0 fully saturated rings. The third kappa shape index (κ3) is 6.61. The minimum atomic E-state index is -1.14. The number of hydrogen-bond acceptors (Lipinski definition) is 5. The lowest BCUT2D eigenvalue weighted by molar-refractivity contribution is -0.142. The topological polar surface area (TPSA) is 108 Å². The van der Waals surface area contributed by atoms with Crippen LogP contribution < -0.4 is 10.6 Å². The van der Waals surface area contributed by atoms with Gasteiger partial charge in [0.05, 0.1) is 0 Å². The van der Waals surface area contributed by atoms with Crippen molar-refractivity contribution in [2.75, 3.05) is 27.2 Å². The molecule has 2 aromatic carbocycles. The normalized spacial score (nSPS) is 13.6. The maximum atomic E-state index is 12.8. The molecule has 3 N–H and O–H groups in total. The zero-order valence-electron chi connectivity index (χ0n) is 20.2. The second-order valence-electron chi connectivity index (χ2n) is 8.64. The summed E-state index contributed by atoms with van der Waals surface area (Å²) in [4.78, 5) is 38.9. The van der Waals surface area contributed by atoms with Crippen molar-refractivity contribution >= 4 is 18.0 Å². The first kappa shape index (κ1) is 25.8. The molecule has 184 valence electrons. The largest absolute Gasteiger partial charge is 0.480 e. The average molecular weight is 478 g/mol. The first-order chi connectivity index (χ1) is 16.8. The van der Waals surface area contributed by atoms with E-state index in [1.54, 1.807) is 6.92 Å². The Morgan fingerprint density at radius 1 is 1.00 bits per heavy atom. The number of nitrogens with one attached hydrogen (secondary N) is 2. The summed E-state index contributed by atoms with van der Waals surface area (Å²) >= 11 is 0. The van der Waals surface area contributed by atoms with Crippen molar-refractivity contribution in [1.82, 2.24) is 15.5 Å². The van der Waals surface area contributed by atoms with Gasteiger partial charge in [-0.15, -0.1) is 11.8 Å². The SMILES string of the molecule is CC#CCC(NC(=O)OCC1c2ccccc2-c2ccccc21)C(=O)NC(CCN(C)C)C(=O)O. The molecule has 0 aromatic heterocycles. The minimum absolute atomic E-state index is 0.0343. The molecule has 1 aliphatic rings. The third-order valence-electron chi connectivity index (χ3n) is 5.91. The molecular formula is C27H31N3O5. The highest BCUT2D eigenvalue weighted by Crippen LogP contribution is 2.44. The Morgan fingerprint density at radius 3 is 2.14 bits per heavy atom. The molecule has 3 rings (SSSR count). The number of carboxylic acid groups (broad SMARTS) is 1. The standard InChI is InChI=1S/C27H31N3O5/c1-4-5-14-23(25(31)28-24(26(32)33)15-16-30(2)3)29-27(34)35-17-22-20-12-8-6-10-18(20)19-11-7-9-13-21(19)22/h6-13,22-24H,14-17H2,1-3H3,(H,28,31)(H,29,34)(H,32,33). The summed E-state index contributed by atoms with van der Waals surface area (Å²) in [5, 5.41) is 14.5. The Labute approximate surface area is 205 Å². The minimum Gasteiger partial charge on any atom is -0.480 e. The highest BCUT2D eigenvalue weighted by molar-refractivity contribution is 5.89. The third-order valence-corrected chi connectivity index (χ3v) is 5.91. The van der Waals surface area contributed by atoms with Gasteiger partial charge in [0.25, 0.3) is 0 Å². The van der Waals surface area contributed by atoms with Crippen molar-refractivity contribution < 1.29 is 24.2 Å². The van der Waals surface area contributed by atoms with Gasteiger partial charge in [-0.3, -0.25) is 4.79 Å². The van der Waals surface area contributed by atoms with Crippen LogP contribution in [0.2, 0.25) is 0 Å². The lowest BCUT2D eigenvalue weighted by atomic mass is 9.98. The molecule has 0 spiro atoms. The molecule has 8 nitrogen and oxygen atoms in total. The molecule has 2 unspecified atom stereocenters. The Hall–Kier alpha value is -3.83. The van der Waals surface area contributed by atoms with Gasteiger partial charge in [0, 0.05) is 18.9 Å². The molecular weight excluding hydrogens is 446 g/mol. The molecule has 0 heterocycles. The molecule has 0 bridgehead atoms. The van der Waals surface area contributed by atoms with Crippen molar-refractivity contribution in [3.63, 3.8) is 0 Å². The molecule has 0 aliphatic heterocycles. The van der Waals surface area contributed by atoms with Crippen LogP contribution in [0, 0.1) is 11.8 Å². The van der Waals surface area contributed by atoms with Crippen LogP contribution in [0.5, 0.6) is 0 Å². The summed E-state index contributed by atoms with van der Waals surface area (Å²) in [6.07, 6.45) is -0.498. The van der Waals surface area contributed by atoms with Gasteiger partial charge in [-0.05, 0) is 49.7 Å². The highest BCUT2D eigenvalue weighted by Gasteiger charge is 2.30. The van der Waals surface area contributed by atoms with E-state index in [0.717, 1.165) is 22.3 Å². The Balaban J connectivity index is 1.65. The van der Waals surface area contributed by atoms with Crippen LogP contribution in [0.15, 0.2) is 48.5 Å². The number of hydrogen-bond donors (Lipinski definition) is 3. The molecule has 0 saturated carbocycles. The number of amides is 2. The fraction of sp³-hybridized carbons (Fsp3) is 0.370. The van der Waals surface area contributed by atoms with Crippen molar-refractivity contribution in [3.8, 4) is 23.0 Å². The number of alkyl carbamates (subject to hydrolysis) is 1. The number of benzene rings is 2. The summed E-state index contributed by atoms with van der Waals surface area (Å²) < 4.78 is 5.53. The Morgan fingerprint density at radius 2 is 1.60 bits per heavy atom. The number of rotatable bonds is 10. The second kappa shape index (κ2) is 12.0. The van der Waals surface area contributed by atoms with Gasteiger partial charge < -0.3 is 25.4 Å². The van der Waals surface area contributed by atoms with Crippen LogP contribution >= 0.6 is 0 Å². The Kier molecular flexibility index (Phi) is 8.87. The molecule has 2 atom stereocenters. The molecule has 0 saturated heterocycles. The zero-order valence-corrected chi connectivity index (χ0v) is 20.2. The van der Waals surface area contributed by atoms with Crippen LogP contribution in [0.4, 0.5) is 4.79 Å². The van der Waals surface area contributed by atoms with E-state index in [1.807, 2.05) is 67.5 Å². The lowest BCUT2D eigenvalue weighted by Gasteiger charge is -2.21. The van der Waals surface area contributed by atoms with E-state index in [0.29, 0.717) is 6.54 Å². The molecule has 35 heavy (non-hydrogen) atoms. The van der Waals surface area contributed by atoms with Crippen molar-refractivity contribution in [2.45, 2.75) is 37.8 Å². The van der Waals surface area contributed by atoms with E-state index in [4.69, 9.17) is 4.74 Å². The fourth-order valence-corrected chi connectivity index (χ4v) is 4.11. The van der Waals surface area contributed by atoms with Crippen LogP contribution in [-0.4, -0.2) is 67.3 Å². The van der Waals surface area contributed by atoms with Gasteiger partial charge in [0.2, 0.25) is 5.91 Å². The van der Waals surface area contributed by atoms with E-state index in [1.165, 1.54) is 0 Å². The summed E-state index contributed by atoms with van der Waals surface area (Å²) in [5.41, 5.74) is 4.39. The highest BCUT2D eigenvalue weighted by atomic mass is 16.5. The number of carboxylic acids is 1. The molecule has 1 aliphatic carbocycles. The number of carbonyl (C=O) groups excluding carboxylic acids is 2. The molecule has 8 heteroatoms. The van der Waals surface area contributed by atoms with Crippen molar-refractivity contribution in [3.05, 3.63) is 59.7 Å². The van der Waals surface area contributed by atoms with Gasteiger partial charge in [-0.1, -0.05) is 48.5 Å². The van der Waals surface area contributed by atoms with E-state index < -0.39 is 30.1 Å². The summed E-state index contributed by atoms with van der Waals surface area (Å²) in [6, 6.07) is 13.9. The van der Waals surface area contributed by atoms with E-state index >= 15 is 0 Å².